The Morgan fingerprint density at radius 1 is 0.938 bits per heavy atom. The predicted octanol–water partition coefficient (Wildman–Crippen LogP) is 5.67. The van der Waals surface area contributed by atoms with Gasteiger partial charge in [0.05, 0.1) is 5.56 Å². The second-order valence-corrected chi connectivity index (χ2v) is 12.6. The van der Waals surface area contributed by atoms with E-state index in [0.29, 0.717) is 18.4 Å². The van der Waals surface area contributed by atoms with Crippen LogP contribution in [0, 0.1) is 5.92 Å². The molecule has 1 saturated heterocycles. The monoisotopic (exact) mass is 665 g/mol. The van der Waals surface area contributed by atoms with E-state index < -0.39 is 54.2 Å². The van der Waals surface area contributed by atoms with Gasteiger partial charge < -0.3 is 19.6 Å². The predicted molar refractivity (Wildman–Crippen MR) is 171 cm³/mol. The quantitative estimate of drug-likeness (QED) is 0.316. The third-order valence-corrected chi connectivity index (χ3v) is 9.22. The number of nitrogens with zero attached hydrogens (tertiary/aromatic N) is 3. The molecule has 0 radical (unpaired) electrons. The van der Waals surface area contributed by atoms with Crippen molar-refractivity contribution in [1.29, 1.82) is 0 Å². The average Bonchev–Trinajstić information content (AvgIpc) is 3.29. The van der Waals surface area contributed by atoms with Crippen LogP contribution in [0.15, 0.2) is 72.8 Å². The Labute approximate surface area is 276 Å². The second-order valence-electron chi connectivity index (χ2n) is 12.6. The van der Waals surface area contributed by atoms with Gasteiger partial charge in [-0.1, -0.05) is 67.6 Å². The Morgan fingerprint density at radius 3 is 2.08 bits per heavy atom. The molecule has 3 atom stereocenters. The van der Waals surface area contributed by atoms with Crippen LogP contribution in [-0.2, 0) is 31.7 Å². The number of carboxylic acid groups (broad SMARTS) is 1. The summed E-state index contributed by atoms with van der Waals surface area (Å²) in [6.07, 6.45) is -4.58. The summed E-state index contributed by atoms with van der Waals surface area (Å²) in [5, 5.41) is 9.33. The van der Waals surface area contributed by atoms with Crippen LogP contribution in [-0.4, -0.2) is 89.6 Å². The Kier molecular flexibility index (Phi) is 10.1. The number of carboxylic acids is 1. The number of carbonyl (C=O) groups is 4. The molecule has 1 aliphatic heterocycles. The Bertz CT molecular complexity index is 1630. The van der Waals surface area contributed by atoms with Crippen LogP contribution in [0.3, 0.4) is 0 Å². The number of halogens is 3. The number of carbonyl (C=O) groups excluding carboxylic acids is 3. The minimum Gasteiger partial charge on any atom is -0.480 e. The van der Waals surface area contributed by atoms with E-state index >= 15 is 0 Å². The van der Waals surface area contributed by atoms with Crippen molar-refractivity contribution < 1.29 is 42.2 Å². The van der Waals surface area contributed by atoms with E-state index in [1.165, 1.54) is 36.0 Å². The zero-order valence-corrected chi connectivity index (χ0v) is 26.9. The molecule has 1 N–H and O–H groups in total. The van der Waals surface area contributed by atoms with Gasteiger partial charge >= 0.3 is 18.2 Å². The van der Waals surface area contributed by atoms with Crippen molar-refractivity contribution in [1.82, 2.24) is 14.7 Å². The van der Waals surface area contributed by atoms with Crippen molar-refractivity contribution >= 4 is 23.9 Å². The first-order chi connectivity index (χ1) is 22.8. The van der Waals surface area contributed by atoms with E-state index in [9.17, 15) is 37.5 Å². The van der Waals surface area contributed by atoms with Gasteiger partial charge in [0.2, 0.25) is 11.8 Å². The Balaban J connectivity index is 1.37. The summed E-state index contributed by atoms with van der Waals surface area (Å²) in [7, 11) is 2.76. The summed E-state index contributed by atoms with van der Waals surface area (Å²) in [5.74, 6) is -2.75. The van der Waals surface area contributed by atoms with Gasteiger partial charge in [-0.3, -0.25) is 19.3 Å². The molecule has 3 aromatic carbocycles. The number of ether oxygens (including phenoxy) is 1. The standard InChI is InChI=1S/C36H38F3N3O6/c1-22-12-17-30(41(3)35(47)48-21-29-27-10-6-4-8-25(27)26-9-5-7-11-28(26)29)34(46)42(19-22)31(33(45)40(2)20-32(43)44)18-23-13-15-24(16-14-23)36(37,38)39/h4-11,13-16,22,29-31H,12,17-21H2,1-3H3,(H,43,44)/t22-,30+,31?/m1/s1. The number of likely N-dealkylation sites (N-methyl/N-ethyl adjacent to an activating group) is 2. The SMILES string of the molecule is C[C@@H]1CC[C@H](N(C)C(=O)OCC2c3ccccc3-c3ccccc32)C(=O)N(C(Cc2ccc(C(F)(F)F)cc2)C(=O)N(C)CC(=O)O)C1. The van der Waals surface area contributed by atoms with Crippen LogP contribution in [0.4, 0.5) is 18.0 Å². The summed E-state index contributed by atoms with van der Waals surface area (Å²) >= 11 is 0. The third kappa shape index (κ3) is 7.32. The number of hydrogen-bond acceptors (Lipinski definition) is 5. The van der Waals surface area contributed by atoms with Gasteiger partial charge in [-0.15, -0.1) is 0 Å². The van der Waals surface area contributed by atoms with E-state index in [2.05, 4.69) is 0 Å². The number of alkyl halides is 3. The van der Waals surface area contributed by atoms with Crippen molar-refractivity contribution in [2.45, 2.75) is 50.4 Å². The van der Waals surface area contributed by atoms with Gasteiger partial charge in [-0.25, -0.2) is 4.79 Å². The molecular formula is C36H38F3N3O6. The molecule has 5 rings (SSSR count). The maximum atomic E-state index is 14.2. The highest BCUT2D eigenvalue weighted by Crippen LogP contribution is 2.44. The van der Waals surface area contributed by atoms with Gasteiger partial charge in [0.1, 0.15) is 25.2 Å². The van der Waals surface area contributed by atoms with Crippen LogP contribution in [0.2, 0.25) is 0 Å². The van der Waals surface area contributed by atoms with Gasteiger partial charge in [0, 0.05) is 33.0 Å². The van der Waals surface area contributed by atoms with Crippen molar-refractivity contribution in [3.8, 4) is 11.1 Å². The highest BCUT2D eigenvalue weighted by Gasteiger charge is 2.41. The molecule has 9 nitrogen and oxygen atoms in total. The molecule has 1 fully saturated rings. The van der Waals surface area contributed by atoms with Crippen LogP contribution >= 0.6 is 0 Å². The van der Waals surface area contributed by atoms with E-state index in [1.807, 2.05) is 55.5 Å². The molecule has 0 bridgehead atoms. The van der Waals surface area contributed by atoms with Crippen LogP contribution in [0.25, 0.3) is 11.1 Å². The van der Waals surface area contributed by atoms with Crippen molar-refractivity contribution in [2.24, 2.45) is 5.92 Å². The summed E-state index contributed by atoms with van der Waals surface area (Å²) in [4.78, 5) is 56.5. The summed E-state index contributed by atoms with van der Waals surface area (Å²) in [5.41, 5.74) is 3.72. The molecule has 2 aliphatic rings. The number of amides is 3. The summed E-state index contributed by atoms with van der Waals surface area (Å²) in [6.45, 7) is 1.44. The van der Waals surface area contributed by atoms with Gasteiger partial charge in [0.15, 0.2) is 0 Å². The molecule has 48 heavy (non-hydrogen) atoms. The normalized spacial score (nSPS) is 18.4. The lowest BCUT2D eigenvalue weighted by Crippen LogP contribution is -2.57. The second kappa shape index (κ2) is 14.1. The fourth-order valence-electron chi connectivity index (χ4n) is 6.66. The summed E-state index contributed by atoms with van der Waals surface area (Å²) < 4.78 is 45.5. The lowest BCUT2D eigenvalue weighted by molar-refractivity contribution is -0.150. The number of benzene rings is 3. The average molecular weight is 666 g/mol. The summed E-state index contributed by atoms with van der Waals surface area (Å²) in [6, 6.07) is 17.9. The minimum absolute atomic E-state index is 0.0489. The molecular weight excluding hydrogens is 627 g/mol. The molecule has 254 valence electrons. The molecule has 12 heteroatoms. The molecule has 1 heterocycles. The number of hydrogen-bond donors (Lipinski definition) is 1. The molecule has 0 aromatic heterocycles. The first-order valence-electron chi connectivity index (χ1n) is 15.8. The van der Waals surface area contributed by atoms with Crippen LogP contribution in [0.1, 0.15) is 47.9 Å². The van der Waals surface area contributed by atoms with E-state index in [1.54, 1.807) is 0 Å². The largest absolute Gasteiger partial charge is 0.480 e. The van der Waals surface area contributed by atoms with E-state index in [0.717, 1.165) is 39.3 Å². The Hall–Kier alpha value is -4.87. The van der Waals surface area contributed by atoms with Crippen LogP contribution in [0.5, 0.6) is 0 Å². The van der Waals surface area contributed by atoms with Crippen molar-refractivity contribution in [3.05, 3.63) is 95.1 Å². The van der Waals surface area contributed by atoms with E-state index in [-0.39, 0.29) is 31.4 Å². The lowest BCUT2D eigenvalue weighted by atomic mass is 9.98. The zero-order valence-electron chi connectivity index (χ0n) is 26.9. The fraction of sp³-hybridized carbons (Fsp3) is 0.389. The van der Waals surface area contributed by atoms with Crippen molar-refractivity contribution in [2.75, 3.05) is 33.8 Å². The fourth-order valence-corrected chi connectivity index (χ4v) is 6.66. The van der Waals surface area contributed by atoms with E-state index in [4.69, 9.17) is 4.74 Å². The molecule has 1 unspecified atom stereocenters. The topological polar surface area (TPSA) is 107 Å². The molecule has 0 saturated carbocycles. The molecule has 3 amide bonds. The third-order valence-electron chi connectivity index (χ3n) is 9.22. The number of rotatable bonds is 9. The molecule has 3 aromatic rings. The molecule has 1 aliphatic carbocycles. The van der Waals surface area contributed by atoms with Gasteiger partial charge in [0.25, 0.3) is 0 Å². The van der Waals surface area contributed by atoms with Gasteiger partial charge in [-0.2, -0.15) is 13.2 Å². The molecule has 0 spiro atoms. The van der Waals surface area contributed by atoms with Crippen molar-refractivity contribution in [3.63, 3.8) is 0 Å². The van der Waals surface area contributed by atoms with Gasteiger partial charge in [-0.05, 0) is 58.7 Å². The maximum absolute atomic E-state index is 14.2. The highest BCUT2D eigenvalue weighted by atomic mass is 19.4. The number of likely N-dealkylation sites (tertiary alicyclic amines) is 1. The lowest BCUT2D eigenvalue weighted by Gasteiger charge is -2.36. The number of aliphatic carboxylic acids is 1. The minimum atomic E-state index is -4.55. The maximum Gasteiger partial charge on any atom is 0.416 e. The first-order valence-corrected chi connectivity index (χ1v) is 15.8. The Morgan fingerprint density at radius 2 is 1.52 bits per heavy atom. The van der Waals surface area contributed by atoms with Crippen LogP contribution < -0.4 is 0 Å². The number of fused-ring (bicyclic) bond motifs is 3. The highest BCUT2D eigenvalue weighted by molar-refractivity contribution is 5.92. The first kappa shape index (κ1) is 34.5. The smallest absolute Gasteiger partial charge is 0.416 e. The zero-order chi connectivity index (χ0) is 34.7.